The molecule has 49 heteroatoms. The van der Waals surface area contributed by atoms with Gasteiger partial charge in [0.05, 0.1) is 135 Å². The van der Waals surface area contributed by atoms with E-state index >= 15 is 0 Å². The number of phenolic OH excluding ortho intramolecular Hbond substituents is 1. The fourth-order valence-electron chi connectivity index (χ4n) is 11.0. The average Bonchev–Trinajstić information content (AvgIpc) is 1.55. The first-order valence-corrected chi connectivity index (χ1v) is 43.4. The lowest BCUT2D eigenvalue weighted by Crippen LogP contribution is -2.01. The Morgan fingerprint density at radius 1 is 0.315 bits per heavy atom. The van der Waals surface area contributed by atoms with Crippen molar-refractivity contribution in [2.75, 3.05) is 113 Å². The Hall–Kier alpha value is -14.3. The summed E-state index contributed by atoms with van der Waals surface area (Å²) in [5.41, 5.74) is 6.97. The van der Waals surface area contributed by atoms with Crippen LogP contribution < -0.4 is 56.8 Å². The molecule has 0 aliphatic heterocycles. The van der Waals surface area contributed by atoms with E-state index in [0.29, 0.717) is 164 Å². The van der Waals surface area contributed by atoms with E-state index in [9.17, 15) is 33.9 Å². The van der Waals surface area contributed by atoms with Crippen LogP contribution in [0.5, 0.6) is 74.7 Å². The van der Waals surface area contributed by atoms with Gasteiger partial charge >= 0.3 is 35.8 Å². The number of aromatic amines is 6. The van der Waals surface area contributed by atoms with Crippen LogP contribution in [0.1, 0.15) is 23.6 Å². The van der Waals surface area contributed by atoms with Crippen LogP contribution >= 0.6 is 70.6 Å². The molecule has 0 saturated heterocycles. The number of nitrogens with one attached hydrogen (secondary N) is 6. The van der Waals surface area contributed by atoms with Gasteiger partial charge in [-0.25, -0.2) is 29.9 Å². The van der Waals surface area contributed by atoms with Crippen molar-refractivity contribution in [2.24, 2.45) is 0 Å². The summed E-state index contributed by atoms with van der Waals surface area (Å²) < 4.78 is 64.1. The van der Waals surface area contributed by atoms with Crippen LogP contribution in [0.25, 0.3) is 68.3 Å². The number of aromatic nitrogens is 18. The van der Waals surface area contributed by atoms with Crippen molar-refractivity contribution in [3.63, 3.8) is 0 Å². The molecule has 0 bridgehead atoms. The van der Waals surface area contributed by atoms with Crippen molar-refractivity contribution in [1.29, 1.82) is 0 Å². The number of methoxy groups -OCH3 is 11. The lowest BCUT2D eigenvalue weighted by atomic mass is 10.1. The van der Waals surface area contributed by atoms with Crippen molar-refractivity contribution in [1.82, 2.24) is 91.1 Å². The molecule has 0 spiro atoms. The number of ether oxygens (including phenoxy) is 12. The molecule has 13 rings (SSSR count). The summed E-state index contributed by atoms with van der Waals surface area (Å²) in [7, 11) is 16.9. The van der Waals surface area contributed by atoms with Crippen LogP contribution in [0, 0.1) is 6.92 Å². The first-order valence-electron chi connectivity index (χ1n) is 37.5. The summed E-state index contributed by atoms with van der Waals surface area (Å²) in [6.45, 7) is 4.46. The predicted molar refractivity (Wildman–Crippen MR) is 480 cm³/mol. The molecule has 130 heavy (non-hydrogen) atoms. The van der Waals surface area contributed by atoms with Gasteiger partial charge in [0.1, 0.15) is 63.7 Å². The number of aryl methyl sites for hydroxylation is 2. The Morgan fingerprint density at radius 2 is 0.685 bits per heavy atom. The molecule has 0 radical (unpaired) electrons. The molecule has 0 saturated carbocycles. The summed E-state index contributed by atoms with van der Waals surface area (Å²) in [5.74, 6) is 3.32. The van der Waals surface area contributed by atoms with Gasteiger partial charge in [-0.2, -0.15) is 0 Å². The molecular formula is C81H88N18O25S6. The molecule has 0 aliphatic rings. The molecule has 43 nitrogen and oxygen atoms in total. The normalized spacial score (nSPS) is 10.4. The topological polar surface area (TPSA) is 604 Å². The molecule has 7 aromatic carbocycles. The highest BCUT2D eigenvalue weighted by Crippen LogP contribution is 2.45. The highest BCUT2D eigenvalue weighted by atomic mass is 32.2. The van der Waals surface area contributed by atoms with E-state index in [2.05, 4.69) is 98.0 Å². The van der Waals surface area contributed by atoms with Gasteiger partial charge in [0.2, 0.25) is 36.7 Å². The van der Waals surface area contributed by atoms with E-state index in [4.69, 9.17) is 87.5 Å². The van der Waals surface area contributed by atoms with E-state index in [1.165, 1.54) is 55.8 Å². The van der Waals surface area contributed by atoms with E-state index in [0.717, 1.165) is 105 Å². The fourth-order valence-corrected chi connectivity index (χ4v) is 14.1. The van der Waals surface area contributed by atoms with Crippen molar-refractivity contribution in [3.05, 3.63) is 138 Å². The van der Waals surface area contributed by atoms with Gasteiger partial charge in [0.15, 0.2) is 57.9 Å². The van der Waals surface area contributed by atoms with Crippen LogP contribution in [0.2, 0.25) is 0 Å². The van der Waals surface area contributed by atoms with Crippen molar-refractivity contribution < 1.29 is 121 Å². The predicted octanol–water partition coefficient (Wildman–Crippen LogP) is 12.1. The van der Waals surface area contributed by atoms with Crippen LogP contribution in [0.3, 0.4) is 0 Å². The smallest absolute Gasteiger partial charge is 0.313 e. The molecule has 0 atom stereocenters. The van der Waals surface area contributed by atoms with E-state index in [1.54, 1.807) is 83.0 Å². The maximum atomic E-state index is 10.7. The van der Waals surface area contributed by atoms with Gasteiger partial charge in [-0.3, -0.25) is 59.4 Å². The summed E-state index contributed by atoms with van der Waals surface area (Å²) in [4.78, 5) is 88.9. The minimum Gasteiger partial charge on any atom is -0.507 e. The van der Waals surface area contributed by atoms with Crippen LogP contribution in [0.4, 0.5) is 0 Å². The van der Waals surface area contributed by atoms with E-state index in [1.807, 2.05) is 67.6 Å². The minimum atomic E-state index is -0.948. The molecule has 6 aromatic heterocycles. The molecule has 688 valence electrons. The molecule has 0 unspecified atom stereocenters. The Bertz CT molecular complexity index is 5840. The lowest BCUT2D eigenvalue weighted by Gasteiger charge is -2.14. The van der Waals surface area contributed by atoms with Crippen molar-refractivity contribution >= 4 is 106 Å². The quantitative estimate of drug-likeness (QED) is 0.0159. The third-order valence-corrected chi connectivity index (χ3v) is 21.6. The minimum absolute atomic E-state index is 0.00489. The fraction of sp³-hybridized carbons (Fsp3) is 0.259. The SMILES string of the molecule is CCc1cccc(-c2nc(SCC(=O)O)n[nH]2)c1OCc1ccccc1.COc1cc(C)cc(OC)c1-c1nc(SCC(=O)O)n[nH]1.COc1cc(OC)c(-c2nc(SCC(=O)O)n[nH]2)cc1OC.COc1ccc(-c2nc(SCC(=O)O)n[nH]2)c(OC)c1OC.COc1ccc(OC)c(-c2nc(SCC(=O)O)n[nH]2)c1.COc1cccc(O)c1-c1nc(SCC(=O)O)n[nH]1. The standard InChI is InChI=1S/C19H19N3O3S.2C13H15N3O5S.C13H15N3O4S.C12H13N3O4S.C11H11N3O4S/c1-2-14-9-6-10-15(17(14)25-11-13-7-4-3-5-8-13)18-20-19(22-21-18)26-12-16(23)24;1-19-8-5-10(21-3)9(20-2)4-7(8)12-14-13(16-15-12)22-6-11(17)18;1-19-8-5-4-7(10(20-2)11(8)21-3)12-14-13(16-15-12)22-6-9(17)18;1-7-4-8(19-2)11(9(5-7)20-3)12-14-13(16-15-12)21-6-10(17)18;1-18-7-3-4-9(19-2)8(5-7)11-13-12(15-14-11)20-6-10(16)17;1-18-7-4-2-3-6(15)9(7)10-12-11(14-13-10)19-5-8(16)17/h3-10H,2,11-12H2,1H3,(H,23,24)(H,20,21,22);2*4-5H,6H2,1-3H3,(H,17,18)(H,14,15,16);4-5H,6H2,1-3H3,(H,17,18)(H,14,15,16);3-5H,6H2,1-2H3,(H,16,17)(H,13,14,15);2-4,15H,5H2,1H3,(H,16,17)(H,12,13,14). The molecule has 13 aromatic rings. The number of aliphatic carboxylic acids is 6. The first-order chi connectivity index (χ1) is 62.6. The number of benzene rings is 7. The maximum absolute atomic E-state index is 10.7. The average molecular weight is 1910 g/mol. The Kier molecular flexibility index (Phi) is 40.0. The zero-order chi connectivity index (χ0) is 94.3. The van der Waals surface area contributed by atoms with Crippen molar-refractivity contribution in [3.8, 4) is 143 Å². The monoisotopic (exact) mass is 1900 g/mol. The van der Waals surface area contributed by atoms with E-state index < -0.39 is 35.8 Å². The summed E-state index contributed by atoms with van der Waals surface area (Å²) in [6.07, 6.45) is 0.826. The van der Waals surface area contributed by atoms with Gasteiger partial charge < -0.3 is 92.6 Å². The number of hydrogen-bond acceptors (Lipinski definition) is 37. The number of para-hydroxylation sites is 1. The van der Waals surface area contributed by atoms with Gasteiger partial charge in [0, 0.05) is 6.07 Å². The number of carbonyl (C=O) groups is 6. The Labute approximate surface area is 765 Å². The van der Waals surface area contributed by atoms with Crippen LogP contribution in [-0.2, 0) is 41.8 Å². The van der Waals surface area contributed by atoms with Gasteiger partial charge in [0.25, 0.3) is 0 Å². The molecule has 0 amide bonds. The Balaban J connectivity index is 0.000000193. The number of aromatic hydroxyl groups is 1. The number of carboxylic acid groups (broad SMARTS) is 6. The molecule has 0 fully saturated rings. The highest BCUT2D eigenvalue weighted by Gasteiger charge is 2.25. The van der Waals surface area contributed by atoms with Crippen LogP contribution in [-0.4, -0.2) is 275 Å². The zero-order valence-electron chi connectivity index (χ0n) is 71.5. The third-order valence-electron chi connectivity index (χ3n) is 16.6. The molecule has 6 heterocycles. The molecule has 13 N–H and O–H groups in total. The van der Waals surface area contributed by atoms with Crippen molar-refractivity contribution in [2.45, 2.75) is 57.8 Å². The van der Waals surface area contributed by atoms with Gasteiger partial charge in [-0.05, 0) is 96.8 Å². The molecule has 0 aliphatic carbocycles. The zero-order valence-corrected chi connectivity index (χ0v) is 76.4. The number of nitrogens with zero attached hydrogens (tertiary/aromatic N) is 12. The summed E-state index contributed by atoms with van der Waals surface area (Å²) in [6, 6.07) is 36.6. The second-order valence-corrected chi connectivity index (χ2v) is 30.7. The number of H-pyrrole nitrogens is 6. The maximum Gasteiger partial charge on any atom is 0.313 e. The van der Waals surface area contributed by atoms with Gasteiger partial charge in [-0.1, -0.05) is 126 Å². The summed E-state index contributed by atoms with van der Waals surface area (Å²) >= 11 is 6.20. The second-order valence-electron chi connectivity index (χ2n) is 25.1. The number of phenols is 1. The van der Waals surface area contributed by atoms with Gasteiger partial charge in [-0.15, -0.1) is 30.6 Å². The number of rotatable bonds is 39. The lowest BCUT2D eigenvalue weighted by molar-refractivity contribution is -0.134. The highest BCUT2D eigenvalue weighted by molar-refractivity contribution is 8.00. The largest absolute Gasteiger partial charge is 0.507 e. The van der Waals surface area contributed by atoms with E-state index in [-0.39, 0.29) is 40.3 Å². The number of carboxylic acids is 6. The summed E-state index contributed by atoms with van der Waals surface area (Å²) in [5, 5.41) is 104. The first kappa shape index (κ1) is 101. The Morgan fingerprint density at radius 3 is 1.08 bits per heavy atom. The third kappa shape index (κ3) is 29.6. The molecular weight excluding hydrogens is 1820 g/mol. The second kappa shape index (κ2) is 51.5. The number of hydrogen-bond donors (Lipinski definition) is 13. The number of thioether (sulfide) groups is 6. The van der Waals surface area contributed by atoms with Crippen LogP contribution in [0.15, 0.2) is 152 Å².